The number of carboxylic acids is 1. The lowest BCUT2D eigenvalue weighted by Gasteiger charge is -2.37. The van der Waals surface area contributed by atoms with Crippen LogP contribution in [0.3, 0.4) is 0 Å². The molecule has 2 heterocycles. The van der Waals surface area contributed by atoms with Crippen molar-refractivity contribution >= 4 is 27.4 Å². The topological polar surface area (TPSA) is 89.9 Å². The summed E-state index contributed by atoms with van der Waals surface area (Å²) in [6.07, 6.45) is 4.71. The minimum Gasteiger partial charge on any atom is -0.478 e. The van der Waals surface area contributed by atoms with Crippen LogP contribution in [0.2, 0.25) is 0 Å². The Hall–Kier alpha value is -2.58. The number of aromatic carboxylic acids is 1. The number of aryl methyl sites for hydroxylation is 1. The van der Waals surface area contributed by atoms with Gasteiger partial charge in [0.1, 0.15) is 0 Å². The molecule has 0 saturated carbocycles. The van der Waals surface area contributed by atoms with E-state index in [1.165, 1.54) is 18.9 Å². The highest BCUT2D eigenvalue weighted by atomic mass is 32.2. The molecule has 7 nitrogen and oxygen atoms in total. The summed E-state index contributed by atoms with van der Waals surface area (Å²) in [5, 5.41) is 9.47. The minimum atomic E-state index is -3.85. The van der Waals surface area contributed by atoms with Gasteiger partial charge in [-0.05, 0) is 87.5 Å². The van der Waals surface area contributed by atoms with E-state index in [-0.39, 0.29) is 10.5 Å². The van der Waals surface area contributed by atoms with Crippen molar-refractivity contribution in [3.05, 3.63) is 53.6 Å². The van der Waals surface area contributed by atoms with Crippen molar-refractivity contribution in [1.29, 1.82) is 0 Å². The third-order valence-electron chi connectivity index (χ3n) is 6.36. The quantitative estimate of drug-likeness (QED) is 0.657. The van der Waals surface area contributed by atoms with Gasteiger partial charge < -0.3 is 14.9 Å². The molecule has 2 aliphatic heterocycles. The van der Waals surface area contributed by atoms with Crippen LogP contribution in [-0.4, -0.2) is 57.1 Å². The van der Waals surface area contributed by atoms with Crippen molar-refractivity contribution in [1.82, 2.24) is 4.90 Å². The Morgan fingerprint density at radius 2 is 1.88 bits per heavy atom. The Morgan fingerprint density at radius 3 is 2.59 bits per heavy atom. The first-order valence-electron chi connectivity index (χ1n) is 11.3. The van der Waals surface area contributed by atoms with Crippen LogP contribution >= 0.6 is 0 Å². The number of nitrogens with zero attached hydrogens (tertiary/aromatic N) is 2. The van der Waals surface area contributed by atoms with Crippen molar-refractivity contribution in [3.63, 3.8) is 0 Å². The highest BCUT2D eigenvalue weighted by Crippen LogP contribution is 2.33. The molecule has 0 radical (unpaired) electrons. The van der Waals surface area contributed by atoms with Crippen molar-refractivity contribution in [3.8, 4) is 0 Å². The van der Waals surface area contributed by atoms with Gasteiger partial charge in [0.05, 0.1) is 21.8 Å². The van der Waals surface area contributed by atoms with Crippen LogP contribution < -0.4 is 9.62 Å². The average Bonchev–Trinajstić information content (AvgIpc) is 3.26. The van der Waals surface area contributed by atoms with E-state index in [4.69, 9.17) is 0 Å². The molecular formula is C24H31N3O4S. The zero-order chi connectivity index (χ0) is 22.7. The van der Waals surface area contributed by atoms with Crippen LogP contribution in [-0.2, 0) is 10.0 Å². The summed E-state index contributed by atoms with van der Waals surface area (Å²) < 4.78 is 28.8. The third kappa shape index (κ3) is 5.24. The van der Waals surface area contributed by atoms with Gasteiger partial charge in [-0.3, -0.25) is 4.72 Å². The average molecular weight is 458 g/mol. The van der Waals surface area contributed by atoms with E-state index in [2.05, 4.69) is 14.5 Å². The summed E-state index contributed by atoms with van der Waals surface area (Å²) in [5.41, 5.74) is 1.94. The molecule has 0 unspecified atom stereocenters. The lowest BCUT2D eigenvalue weighted by atomic mass is 9.96. The van der Waals surface area contributed by atoms with Gasteiger partial charge in [0.2, 0.25) is 0 Å². The SMILES string of the molecule is Cc1cccc(S(=O)(=O)Nc2cc(C(=O)O)ccc2N2CCC[C@@H](CN3CCCC3)C2)c1. The number of likely N-dealkylation sites (tertiary alicyclic amines) is 1. The van der Waals surface area contributed by atoms with Gasteiger partial charge in [-0.1, -0.05) is 12.1 Å². The fraction of sp³-hybridized carbons (Fsp3) is 0.458. The molecule has 2 aliphatic rings. The molecule has 2 aromatic rings. The number of benzene rings is 2. The van der Waals surface area contributed by atoms with E-state index in [9.17, 15) is 18.3 Å². The van der Waals surface area contributed by atoms with Crippen LogP contribution in [0, 0.1) is 12.8 Å². The maximum Gasteiger partial charge on any atom is 0.335 e. The first-order chi connectivity index (χ1) is 15.3. The summed E-state index contributed by atoms with van der Waals surface area (Å²) in [6, 6.07) is 11.4. The standard InChI is InChI=1S/C24H31N3O4S/c1-18-6-4-8-21(14-18)32(30,31)25-22-15-20(24(28)29)9-10-23(22)27-13-5-7-19(17-27)16-26-11-2-3-12-26/h4,6,8-10,14-15,19,25H,2-3,5,7,11-13,16-17H2,1H3,(H,28,29)/t19-/m0/s1. The molecule has 2 saturated heterocycles. The Labute approximate surface area is 190 Å². The molecule has 2 aromatic carbocycles. The molecule has 8 heteroatoms. The van der Waals surface area contributed by atoms with E-state index >= 15 is 0 Å². The van der Waals surface area contributed by atoms with Crippen LogP contribution in [0.25, 0.3) is 0 Å². The maximum absolute atomic E-state index is 13.1. The predicted molar refractivity (Wildman–Crippen MR) is 126 cm³/mol. The molecule has 0 aliphatic carbocycles. The number of sulfonamides is 1. The summed E-state index contributed by atoms with van der Waals surface area (Å²) in [5.74, 6) is -0.569. The van der Waals surface area contributed by atoms with Gasteiger partial charge >= 0.3 is 5.97 Å². The van der Waals surface area contributed by atoms with E-state index in [1.54, 1.807) is 30.3 Å². The second-order valence-corrected chi connectivity index (χ2v) is 10.6. The van der Waals surface area contributed by atoms with Gasteiger partial charge in [-0.25, -0.2) is 13.2 Å². The number of carboxylic acid groups (broad SMARTS) is 1. The Kier molecular flexibility index (Phi) is 6.71. The lowest BCUT2D eigenvalue weighted by molar-refractivity contribution is 0.0697. The number of nitrogens with one attached hydrogen (secondary N) is 1. The van der Waals surface area contributed by atoms with Crippen molar-refractivity contribution in [2.45, 2.75) is 37.5 Å². The summed E-state index contributed by atoms with van der Waals surface area (Å²) >= 11 is 0. The summed E-state index contributed by atoms with van der Waals surface area (Å²) in [4.78, 5) is 16.4. The second-order valence-electron chi connectivity index (χ2n) is 8.92. The molecule has 0 spiro atoms. The summed E-state index contributed by atoms with van der Waals surface area (Å²) in [6.45, 7) is 6.87. The highest BCUT2D eigenvalue weighted by Gasteiger charge is 2.26. The molecule has 2 N–H and O–H groups in total. The van der Waals surface area contributed by atoms with Crippen LogP contribution in [0.15, 0.2) is 47.4 Å². The molecule has 2 fully saturated rings. The molecular weight excluding hydrogens is 426 g/mol. The first kappa shape index (κ1) is 22.6. The van der Waals surface area contributed by atoms with Crippen molar-refractivity contribution in [2.75, 3.05) is 42.3 Å². The number of piperidine rings is 1. The smallest absolute Gasteiger partial charge is 0.335 e. The zero-order valence-corrected chi connectivity index (χ0v) is 19.3. The molecule has 4 rings (SSSR count). The van der Waals surface area contributed by atoms with E-state index in [0.29, 0.717) is 11.6 Å². The number of hydrogen-bond donors (Lipinski definition) is 2. The monoisotopic (exact) mass is 457 g/mol. The fourth-order valence-corrected chi connectivity index (χ4v) is 5.95. The molecule has 32 heavy (non-hydrogen) atoms. The predicted octanol–water partition coefficient (Wildman–Crippen LogP) is 3.81. The number of carbonyl (C=O) groups is 1. The molecule has 0 amide bonds. The minimum absolute atomic E-state index is 0.0568. The second kappa shape index (κ2) is 9.50. The molecule has 0 aromatic heterocycles. The van der Waals surface area contributed by atoms with Gasteiger partial charge in [0, 0.05) is 19.6 Å². The van der Waals surface area contributed by atoms with Crippen molar-refractivity contribution in [2.24, 2.45) is 5.92 Å². The van der Waals surface area contributed by atoms with Crippen LogP contribution in [0.4, 0.5) is 11.4 Å². The maximum atomic E-state index is 13.1. The third-order valence-corrected chi connectivity index (χ3v) is 7.73. The highest BCUT2D eigenvalue weighted by molar-refractivity contribution is 7.92. The van der Waals surface area contributed by atoms with Crippen LogP contribution in [0.5, 0.6) is 0 Å². The van der Waals surface area contributed by atoms with Gasteiger partial charge in [-0.15, -0.1) is 0 Å². The van der Waals surface area contributed by atoms with E-state index in [1.807, 2.05) is 13.0 Å². The van der Waals surface area contributed by atoms with Crippen molar-refractivity contribution < 1.29 is 18.3 Å². The van der Waals surface area contributed by atoms with E-state index < -0.39 is 16.0 Å². The van der Waals surface area contributed by atoms with Gasteiger partial charge in [-0.2, -0.15) is 0 Å². The summed E-state index contributed by atoms with van der Waals surface area (Å²) in [7, 11) is -3.85. The number of hydrogen-bond acceptors (Lipinski definition) is 5. The normalized spacial score (nSPS) is 19.8. The molecule has 1 atom stereocenters. The Bertz CT molecular complexity index is 1080. The lowest BCUT2D eigenvalue weighted by Crippen LogP contribution is -2.40. The van der Waals surface area contributed by atoms with Gasteiger partial charge in [0.25, 0.3) is 10.0 Å². The fourth-order valence-electron chi connectivity index (χ4n) is 4.78. The van der Waals surface area contributed by atoms with Crippen LogP contribution in [0.1, 0.15) is 41.6 Å². The number of rotatable bonds is 7. The molecule has 0 bridgehead atoms. The Morgan fingerprint density at radius 1 is 1.09 bits per heavy atom. The largest absolute Gasteiger partial charge is 0.478 e. The van der Waals surface area contributed by atoms with Gasteiger partial charge in [0.15, 0.2) is 0 Å². The zero-order valence-electron chi connectivity index (χ0n) is 18.5. The Balaban J connectivity index is 1.61. The van der Waals surface area contributed by atoms with E-state index in [0.717, 1.165) is 56.8 Å². The first-order valence-corrected chi connectivity index (χ1v) is 12.7. The number of anilines is 2. The molecule has 172 valence electrons.